The predicted octanol–water partition coefficient (Wildman–Crippen LogP) is 4.45. The number of hydrogen-bond acceptors (Lipinski definition) is 4. The summed E-state index contributed by atoms with van der Waals surface area (Å²) in [5.74, 6) is -1.03. The zero-order valence-corrected chi connectivity index (χ0v) is 15.8. The lowest BCUT2D eigenvalue weighted by molar-refractivity contribution is -0.253. The first kappa shape index (κ1) is 23.4. The first-order valence-electron chi connectivity index (χ1n) is 8.93. The molecule has 0 bridgehead atoms. The largest absolute Gasteiger partial charge is 0.461 e. The van der Waals surface area contributed by atoms with Crippen molar-refractivity contribution in [3.8, 4) is 5.75 Å². The zero-order chi connectivity index (χ0) is 22.3. The molecule has 0 fully saturated rings. The highest BCUT2D eigenvalue weighted by Gasteiger charge is 2.44. The molecule has 5 nitrogen and oxygen atoms in total. The number of alkyl halides is 4. The van der Waals surface area contributed by atoms with Gasteiger partial charge in [-0.1, -0.05) is 24.3 Å². The highest BCUT2D eigenvalue weighted by Crippen LogP contribution is 2.29. The molecule has 1 amide bonds. The van der Waals surface area contributed by atoms with Gasteiger partial charge in [-0.15, -0.1) is 0 Å². The van der Waals surface area contributed by atoms with Crippen LogP contribution in [-0.2, 0) is 11.2 Å². The molecular weight excluding hydrogens is 413 g/mol. The Morgan fingerprint density at radius 1 is 1.17 bits per heavy atom. The molecule has 2 unspecified atom stereocenters. The van der Waals surface area contributed by atoms with Crippen molar-refractivity contribution >= 4 is 6.09 Å². The van der Waals surface area contributed by atoms with Crippen molar-refractivity contribution in [3.05, 3.63) is 65.5 Å². The molecule has 0 aliphatic carbocycles. The minimum atomic E-state index is -4.67. The molecule has 0 spiro atoms. The summed E-state index contributed by atoms with van der Waals surface area (Å²) in [7, 11) is 0. The minimum absolute atomic E-state index is 0.0667. The molecule has 164 valence electrons. The Balaban J connectivity index is 2.23. The fourth-order valence-corrected chi connectivity index (χ4v) is 2.65. The van der Waals surface area contributed by atoms with Crippen molar-refractivity contribution in [1.82, 2.24) is 5.32 Å². The van der Waals surface area contributed by atoms with Crippen LogP contribution in [-0.4, -0.2) is 36.4 Å². The average molecular weight is 433 g/mol. The number of carbonyl (C=O) groups is 1. The van der Waals surface area contributed by atoms with Crippen molar-refractivity contribution in [1.29, 1.82) is 0 Å². The molecule has 30 heavy (non-hydrogen) atoms. The monoisotopic (exact) mass is 433 g/mol. The quantitative estimate of drug-likeness (QED) is 0.574. The van der Waals surface area contributed by atoms with E-state index >= 15 is 0 Å². The van der Waals surface area contributed by atoms with Gasteiger partial charge in [0.2, 0.25) is 0 Å². The number of amides is 1. The van der Waals surface area contributed by atoms with Crippen LogP contribution in [0.15, 0.2) is 48.5 Å². The van der Waals surface area contributed by atoms with E-state index in [9.17, 15) is 31.9 Å². The first-order chi connectivity index (χ1) is 14.1. The normalized spacial score (nSPS) is 13.6. The second kappa shape index (κ2) is 10.2. The molecule has 10 heteroatoms. The lowest BCUT2D eigenvalue weighted by atomic mass is 9.96. The van der Waals surface area contributed by atoms with Gasteiger partial charge in [-0.05, 0) is 48.7 Å². The fraction of sp³-hybridized carbons (Fsp3) is 0.350. The maximum Gasteiger partial charge on any atom is 0.461 e. The van der Waals surface area contributed by atoms with Crippen LogP contribution in [0.5, 0.6) is 5.75 Å². The molecule has 2 N–H and O–H groups in total. The van der Waals surface area contributed by atoms with Gasteiger partial charge in [0.05, 0.1) is 18.8 Å². The third-order valence-corrected chi connectivity index (χ3v) is 4.03. The Morgan fingerprint density at radius 2 is 1.83 bits per heavy atom. The summed E-state index contributed by atoms with van der Waals surface area (Å²) in [6.45, 7) is 1.65. The molecule has 2 rings (SSSR count). The number of nitrogens with one attached hydrogen (secondary N) is 1. The summed E-state index contributed by atoms with van der Waals surface area (Å²) >= 11 is 0. The Morgan fingerprint density at radius 3 is 2.43 bits per heavy atom. The Hall–Kier alpha value is -2.88. The standard InChI is InChI=1S/C20H20F5NO4/c1-2-29-19(28)26-16(17(27)13-6-8-14(21)9-7-13)11-12-4-3-5-15(10-12)30-20(24,25)18(22)23/h3-10,16-18,27H,2,11H2,1H3,(H,26,28). The van der Waals surface area contributed by atoms with Crippen molar-refractivity contribution in [2.45, 2.75) is 38.0 Å². The number of rotatable bonds is 9. The van der Waals surface area contributed by atoms with Gasteiger partial charge in [0.1, 0.15) is 11.6 Å². The predicted molar refractivity (Wildman–Crippen MR) is 97.0 cm³/mol. The minimum Gasteiger partial charge on any atom is -0.450 e. The van der Waals surface area contributed by atoms with E-state index in [-0.39, 0.29) is 18.6 Å². The summed E-state index contributed by atoms with van der Waals surface area (Å²) < 4.78 is 73.0. The Labute approximate surface area is 169 Å². The second-order valence-electron chi connectivity index (χ2n) is 6.28. The number of ether oxygens (including phenoxy) is 2. The SMILES string of the molecule is CCOC(=O)NC(Cc1cccc(OC(F)(F)C(F)F)c1)C(O)c1ccc(F)cc1. The number of benzene rings is 2. The van der Waals surface area contributed by atoms with Gasteiger partial charge in [0, 0.05) is 0 Å². The number of alkyl carbamates (subject to hydrolysis) is 1. The van der Waals surface area contributed by atoms with Crippen molar-refractivity contribution < 1.29 is 41.3 Å². The third-order valence-electron chi connectivity index (χ3n) is 4.03. The van der Waals surface area contributed by atoms with E-state index in [1.165, 1.54) is 24.3 Å². The van der Waals surface area contributed by atoms with Gasteiger partial charge in [0.25, 0.3) is 0 Å². The number of aliphatic hydroxyl groups is 1. The number of carbonyl (C=O) groups excluding carboxylic acids is 1. The maximum atomic E-state index is 13.1. The highest BCUT2D eigenvalue weighted by molar-refractivity contribution is 5.67. The van der Waals surface area contributed by atoms with E-state index in [0.717, 1.165) is 24.3 Å². The summed E-state index contributed by atoms with van der Waals surface area (Å²) in [6, 6.07) is 8.84. The summed E-state index contributed by atoms with van der Waals surface area (Å²) in [6.07, 6.45) is -10.9. The Bertz CT molecular complexity index is 832. The van der Waals surface area contributed by atoms with Gasteiger partial charge < -0.3 is 19.9 Å². The van der Waals surface area contributed by atoms with E-state index in [0.29, 0.717) is 5.56 Å². The van der Waals surface area contributed by atoms with Gasteiger partial charge in [-0.25, -0.2) is 9.18 Å². The van der Waals surface area contributed by atoms with E-state index in [1.807, 2.05) is 0 Å². The molecule has 0 aliphatic heterocycles. The van der Waals surface area contributed by atoms with Crippen LogP contribution in [0, 0.1) is 5.82 Å². The molecule has 2 aromatic rings. The third kappa shape index (κ3) is 6.58. The number of halogens is 5. The lowest BCUT2D eigenvalue weighted by Crippen LogP contribution is -2.41. The molecular formula is C20H20F5NO4. The van der Waals surface area contributed by atoms with Crippen molar-refractivity contribution in [2.75, 3.05) is 6.61 Å². The van der Waals surface area contributed by atoms with Crippen LogP contribution < -0.4 is 10.1 Å². The summed E-state index contributed by atoms with van der Waals surface area (Å²) in [5, 5.41) is 13.1. The average Bonchev–Trinajstić information content (AvgIpc) is 2.67. The topological polar surface area (TPSA) is 67.8 Å². The summed E-state index contributed by atoms with van der Waals surface area (Å²) in [4.78, 5) is 11.9. The van der Waals surface area contributed by atoms with E-state index in [2.05, 4.69) is 10.1 Å². The highest BCUT2D eigenvalue weighted by atomic mass is 19.3. The van der Waals surface area contributed by atoms with Crippen LogP contribution in [0.4, 0.5) is 26.7 Å². The van der Waals surface area contributed by atoms with Crippen molar-refractivity contribution in [2.24, 2.45) is 0 Å². The van der Waals surface area contributed by atoms with Crippen molar-refractivity contribution in [3.63, 3.8) is 0 Å². The lowest BCUT2D eigenvalue weighted by Gasteiger charge is -2.25. The molecule has 0 aromatic heterocycles. The molecule has 0 saturated carbocycles. The number of hydrogen-bond donors (Lipinski definition) is 2. The van der Waals surface area contributed by atoms with E-state index in [1.54, 1.807) is 6.92 Å². The van der Waals surface area contributed by atoms with E-state index < -0.39 is 42.3 Å². The van der Waals surface area contributed by atoms with E-state index in [4.69, 9.17) is 4.74 Å². The van der Waals surface area contributed by atoms with Crippen LogP contribution in [0.2, 0.25) is 0 Å². The first-order valence-corrected chi connectivity index (χ1v) is 8.93. The van der Waals surface area contributed by atoms with Gasteiger partial charge in [-0.2, -0.15) is 17.6 Å². The van der Waals surface area contributed by atoms with Crippen LogP contribution in [0.1, 0.15) is 24.2 Å². The van der Waals surface area contributed by atoms with Crippen LogP contribution >= 0.6 is 0 Å². The van der Waals surface area contributed by atoms with Gasteiger partial charge >= 0.3 is 18.6 Å². The Kier molecular flexibility index (Phi) is 7.99. The molecule has 2 aromatic carbocycles. The molecule has 0 radical (unpaired) electrons. The second-order valence-corrected chi connectivity index (χ2v) is 6.28. The smallest absolute Gasteiger partial charge is 0.450 e. The van der Waals surface area contributed by atoms with Crippen LogP contribution in [0.25, 0.3) is 0 Å². The maximum absolute atomic E-state index is 13.1. The molecule has 2 atom stereocenters. The number of aliphatic hydroxyl groups excluding tert-OH is 1. The van der Waals surface area contributed by atoms with Gasteiger partial charge in [0.15, 0.2) is 0 Å². The summed E-state index contributed by atoms with van der Waals surface area (Å²) in [5.41, 5.74) is 0.593. The molecule has 0 heterocycles. The zero-order valence-electron chi connectivity index (χ0n) is 15.8. The van der Waals surface area contributed by atoms with Crippen LogP contribution in [0.3, 0.4) is 0 Å². The molecule has 0 aliphatic rings. The molecule has 0 saturated heterocycles. The fourth-order valence-electron chi connectivity index (χ4n) is 2.65. The van der Waals surface area contributed by atoms with Gasteiger partial charge in [-0.3, -0.25) is 0 Å².